The number of amidine groups is 1. The molecule has 0 aromatic carbocycles. The lowest BCUT2D eigenvalue weighted by Gasteiger charge is -2.18. The molecule has 1 rings (SSSR count). The van der Waals surface area contributed by atoms with E-state index in [1.165, 1.54) is 0 Å². The maximum Gasteiger partial charge on any atom is 0.217 e. The maximum absolute atomic E-state index is 5.50. The Labute approximate surface area is 77.3 Å². The number of nitrogens with one attached hydrogen (secondary N) is 1. The quantitative estimate of drug-likeness (QED) is 0.501. The van der Waals surface area contributed by atoms with Crippen LogP contribution in [0.15, 0.2) is 15.3 Å². The summed E-state index contributed by atoms with van der Waals surface area (Å²) in [7, 11) is 0. The van der Waals surface area contributed by atoms with Crippen molar-refractivity contribution in [2.24, 2.45) is 4.99 Å². The number of nitrogens with zero attached hydrogens (tertiary/aromatic N) is 2. The van der Waals surface area contributed by atoms with Crippen LogP contribution in [0.1, 0.15) is 0 Å². The first kappa shape index (κ1) is 8.27. The van der Waals surface area contributed by atoms with Crippen LogP contribution < -0.4 is 5.43 Å². The van der Waals surface area contributed by atoms with E-state index in [0.717, 1.165) is 4.53 Å². The summed E-state index contributed by atoms with van der Waals surface area (Å²) in [4.78, 5) is 3.57. The molecule has 56 valence electrons. The summed E-state index contributed by atoms with van der Waals surface area (Å²) in [6.45, 7) is 0. The molecule has 1 aliphatic rings. The van der Waals surface area contributed by atoms with E-state index in [9.17, 15) is 0 Å². The van der Waals surface area contributed by atoms with E-state index < -0.39 is 0 Å². The molecule has 0 spiro atoms. The molecule has 0 amide bonds. The first-order chi connectivity index (χ1) is 4.61. The van der Waals surface area contributed by atoms with Crippen molar-refractivity contribution < 1.29 is 0 Å². The highest BCUT2D eigenvalue weighted by molar-refractivity contribution is 6.65. The van der Waals surface area contributed by atoms with Crippen LogP contribution in [0.2, 0.25) is 0 Å². The minimum atomic E-state index is 0.0559. The van der Waals surface area contributed by atoms with Crippen LogP contribution in [0.5, 0.6) is 0 Å². The summed E-state index contributed by atoms with van der Waals surface area (Å²) < 4.78 is 0.944. The van der Waals surface area contributed by atoms with Crippen LogP contribution in [0, 0.1) is 0 Å². The summed E-state index contributed by atoms with van der Waals surface area (Å²) in [6, 6.07) is 0. The van der Waals surface area contributed by atoms with Crippen LogP contribution in [-0.2, 0) is 0 Å². The van der Waals surface area contributed by atoms with E-state index >= 15 is 0 Å². The van der Waals surface area contributed by atoms with Gasteiger partial charge in [0.15, 0.2) is 10.3 Å². The average molecular weight is 221 g/mol. The molecule has 3 nitrogen and oxygen atoms in total. The highest BCUT2D eigenvalue weighted by atomic mass is 35.5. The highest BCUT2D eigenvalue weighted by Crippen LogP contribution is 2.23. The van der Waals surface area contributed by atoms with Gasteiger partial charge in [-0.05, 0) is 11.6 Å². The zero-order valence-corrected chi connectivity index (χ0v) is 7.43. The van der Waals surface area contributed by atoms with E-state index in [4.69, 9.17) is 46.6 Å². The van der Waals surface area contributed by atoms with Gasteiger partial charge in [-0.3, -0.25) is 5.43 Å². The van der Waals surface area contributed by atoms with Crippen LogP contribution in [0.3, 0.4) is 0 Å². The average Bonchev–Trinajstić information content (AvgIpc) is 1.82. The Morgan fingerprint density at radius 3 is 2.40 bits per heavy atom. The summed E-state index contributed by atoms with van der Waals surface area (Å²) in [5.41, 5.74) is 2.40. The summed E-state index contributed by atoms with van der Waals surface area (Å²) >= 11 is 21.8. The van der Waals surface area contributed by atoms with Gasteiger partial charge in [-0.15, -0.1) is 0 Å². The molecule has 1 N–H and O–H groups in total. The van der Waals surface area contributed by atoms with E-state index in [0.29, 0.717) is 0 Å². The molecule has 0 aromatic rings. The molecule has 0 bridgehead atoms. The van der Waals surface area contributed by atoms with Crippen molar-refractivity contribution in [1.82, 2.24) is 9.95 Å². The number of rotatable bonds is 0. The lowest BCUT2D eigenvalue weighted by atomic mass is 10.8. The largest absolute Gasteiger partial charge is 0.256 e. The molecule has 10 heavy (non-hydrogen) atoms. The van der Waals surface area contributed by atoms with E-state index in [-0.39, 0.29) is 15.6 Å². The van der Waals surface area contributed by atoms with Gasteiger partial charge in [-0.1, -0.05) is 23.2 Å². The molecule has 7 heteroatoms. The second-order valence-electron chi connectivity index (χ2n) is 1.38. The summed E-state index contributed by atoms with van der Waals surface area (Å²) in [5.74, 6) is 0. The lowest BCUT2D eigenvalue weighted by Crippen LogP contribution is -2.33. The number of halogens is 4. The SMILES string of the molecule is ClC1=NC(Cl)=C(Cl)N(Cl)N1. The van der Waals surface area contributed by atoms with Crippen LogP contribution >= 0.6 is 46.6 Å². The van der Waals surface area contributed by atoms with Crippen molar-refractivity contribution in [3.8, 4) is 0 Å². The minimum absolute atomic E-state index is 0.0559. The number of hydrogen-bond donors (Lipinski definition) is 1. The fourth-order valence-electron chi connectivity index (χ4n) is 0.368. The Hall–Kier alpha value is 0.170. The topological polar surface area (TPSA) is 27.6 Å². The van der Waals surface area contributed by atoms with Crippen molar-refractivity contribution in [2.45, 2.75) is 0 Å². The van der Waals surface area contributed by atoms with Gasteiger partial charge in [-0.2, -0.15) is 4.53 Å². The second kappa shape index (κ2) is 3.05. The normalized spacial score (nSPS) is 18.8. The van der Waals surface area contributed by atoms with E-state index in [1.807, 2.05) is 0 Å². The fourth-order valence-corrected chi connectivity index (χ4v) is 1.08. The van der Waals surface area contributed by atoms with E-state index in [1.54, 1.807) is 0 Å². The third-order valence-electron chi connectivity index (χ3n) is 0.729. The smallest absolute Gasteiger partial charge is 0.217 e. The molecule has 0 atom stereocenters. The molecule has 0 saturated heterocycles. The Morgan fingerprint density at radius 2 is 1.90 bits per heavy atom. The molecule has 0 aliphatic carbocycles. The molecular weight excluding hydrogens is 220 g/mol. The first-order valence-electron chi connectivity index (χ1n) is 2.13. The predicted molar refractivity (Wildman–Crippen MR) is 42.8 cm³/mol. The number of aliphatic imine (C=N–C) groups is 1. The molecule has 0 aromatic heterocycles. The summed E-state index contributed by atoms with van der Waals surface area (Å²) in [6.07, 6.45) is 0. The molecule has 1 aliphatic heterocycles. The van der Waals surface area contributed by atoms with Crippen molar-refractivity contribution in [1.29, 1.82) is 0 Å². The fraction of sp³-hybridized carbons (Fsp3) is 0. The van der Waals surface area contributed by atoms with Gasteiger partial charge < -0.3 is 0 Å². The van der Waals surface area contributed by atoms with Crippen molar-refractivity contribution in [3.63, 3.8) is 0 Å². The van der Waals surface area contributed by atoms with Gasteiger partial charge in [0.2, 0.25) is 5.29 Å². The third-order valence-corrected chi connectivity index (χ3v) is 1.95. The van der Waals surface area contributed by atoms with Crippen LogP contribution in [0.25, 0.3) is 0 Å². The molecular formula is C3HCl4N3. The van der Waals surface area contributed by atoms with Crippen molar-refractivity contribution in [2.75, 3.05) is 0 Å². The second-order valence-corrected chi connectivity index (χ2v) is 2.79. The first-order valence-corrected chi connectivity index (χ1v) is 3.60. The van der Waals surface area contributed by atoms with Gasteiger partial charge in [-0.25, -0.2) is 4.99 Å². The summed E-state index contributed by atoms with van der Waals surface area (Å²) in [5, 5.41) is 0.220. The zero-order valence-electron chi connectivity index (χ0n) is 4.41. The van der Waals surface area contributed by atoms with Crippen LogP contribution in [-0.4, -0.2) is 9.82 Å². The van der Waals surface area contributed by atoms with Gasteiger partial charge in [0.1, 0.15) is 0 Å². The predicted octanol–water partition coefficient (Wildman–Crippen LogP) is 2.16. The Bertz CT molecular complexity index is 210. The Morgan fingerprint density at radius 1 is 1.30 bits per heavy atom. The standard InChI is InChI=1S/C3HCl4N3/c4-1-2(5)10(7)9-3(6)8-1/h(H,8,9). The van der Waals surface area contributed by atoms with E-state index in [2.05, 4.69) is 10.4 Å². The molecule has 0 fully saturated rings. The number of hydrogen-bond acceptors (Lipinski definition) is 3. The van der Waals surface area contributed by atoms with Crippen molar-refractivity contribution >= 4 is 51.9 Å². The number of hydrazine groups is 1. The Balaban J connectivity index is 2.92. The van der Waals surface area contributed by atoms with Gasteiger partial charge in [0.05, 0.1) is 0 Å². The lowest BCUT2D eigenvalue weighted by molar-refractivity contribution is 0.529. The monoisotopic (exact) mass is 219 g/mol. The maximum atomic E-state index is 5.50. The highest BCUT2D eigenvalue weighted by Gasteiger charge is 2.15. The molecule has 1 heterocycles. The minimum Gasteiger partial charge on any atom is -0.256 e. The van der Waals surface area contributed by atoms with Crippen molar-refractivity contribution in [3.05, 3.63) is 10.3 Å². The third kappa shape index (κ3) is 1.61. The molecule has 0 saturated carbocycles. The zero-order chi connectivity index (χ0) is 7.72. The molecule has 0 radical (unpaired) electrons. The van der Waals surface area contributed by atoms with Gasteiger partial charge in [0.25, 0.3) is 0 Å². The van der Waals surface area contributed by atoms with Gasteiger partial charge >= 0.3 is 0 Å². The van der Waals surface area contributed by atoms with Crippen LogP contribution in [0.4, 0.5) is 0 Å². The van der Waals surface area contributed by atoms with Gasteiger partial charge in [0, 0.05) is 11.8 Å². The Kier molecular flexibility index (Phi) is 2.52. The molecule has 0 unspecified atom stereocenters.